The molecule has 5 nitrogen and oxygen atoms in total. The number of carbonyl (C=O) groups is 2. The number of likely N-dealkylation sites (N-methyl/N-ethyl adjacent to an activating group) is 1. The Hall–Kier alpha value is -1.52. The molecule has 0 radical (unpaired) electrons. The number of rotatable bonds is 8. The van der Waals surface area contributed by atoms with E-state index in [4.69, 9.17) is 5.11 Å². The van der Waals surface area contributed by atoms with Crippen LogP contribution in [-0.2, 0) is 4.79 Å². The Balaban J connectivity index is 4.36. The summed E-state index contributed by atoms with van der Waals surface area (Å²) in [5, 5.41) is 11.5. The fourth-order valence-corrected chi connectivity index (χ4v) is 1.42. The number of carboxylic acid groups (broad SMARTS) is 1. The van der Waals surface area contributed by atoms with E-state index in [0.717, 1.165) is 12.8 Å². The summed E-state index contributed by atoms with van der Waals surface area (Å²) in [6.07, 6.45) is 3.77. The third-order valence-electron chi connectivity index (χ3n) is 2.46. The van der Waals surface area contributed by atoms with Crippen molar-refractivity contribution in [2.45, 2.75) is 39.2 Å². The fraction of sp³-hybridized carbons (Fsp3) is 0.667. The highest BCUT2D eigenvalue weighted by molar-refractivity contribution is 5.82. The number of unbranched alkanes of at least 4 members (excludes halogenated alkanes) is 1. The van der Waals surface area contributed by atoms with E-state index >= 15 is 0 Å². The van der Waals surface area contributed by atoms with Gasteiger partial charge in [-0.1, -0.05) is 25.8 Å². The normalized spacial score (nSPS) is 11.6. The second kappa shape index (κ2) is 8.61. The zero-order valence-corrected chi connectivity index (χ0v) is 10.6. The quantitative estimate of drug-likeness (QED) is 0.638. The van der Waals surface area contributed by atoms with Crippen LogP contribution in [-0.4, -0.2) is 41.1 Å². The van der Waals surface area contributed by atoms with E-state index in [-0.39, 0.29) is 6.03 Å². The van der Waals surface area contributed by atoms with Gasteiger partial charge in [-0.25, -0.2) is 9.59 Å². The molecular weight excluding hydrogens is 220 g/mol. The molecule has 2 N–H and O–H groups in total. The van der Waals surface area contributed by atoms with Gasteiger partial charge in [0.2, 0.25) is 0 Å². The molecule has 0 rings (SSSR count). The maximum absolute atomic E-state index is 11.7. The van der Waals surface area contributed by atoms with Gasteiger partial charge < -0.3 is 15.3 Å². The number of carbonyl (C=O) groups excluding carboxylic acids is 1. The molecule has 0 saturated heterocycles. The van der Waals surface area contributed by atoms with Crippen LogP contribution in [0, 0.1) is 0 Å². The molecule has 98 valence electrons. The van der Waals surface area contributed by atoms with Crippen molar-refractivity contribution in [3.05, 3.63) is 12.7 Å². The van der Waals surface area contributed by atoms with Gasteiger partial charge >= 0.3 is 12.0 Å². The molecule has 0 fully saturated rings. The lowest BCUT2D eigenvalue weighted by Crippen LogP contribution is -2.47. The molecule has 5 heteroatoms. The standard InChI is InChI=1S/C12H22N2O3/c1-4-7-8-10(11(15)16)13-12(17)14(6-3)9-5-2/h5,10H,2,4,6-9H2,1,3H3,(H,13,17)(H,15,16). The molecule has 0 aromatic carbocycles. The zero-order chi connectivity index (χ0) is 13.3. The first-order chi connectivity index (χ1) is 8.06. The Morgan fingerprint density at radius 1 is 1.47 bits per heavy atom. The molecule has 0 bridgehead atoms. The van der Waals surface area contributed by atoms with E-state index in [9.17, 15) is 9.59 Å². The van der Waals surface area contributed by atoms with Crippen molar-refractivity contribution < 1.29 is 14.7 Å². The maximum Gasteiger partial charge on any atom is 0.326 e. The van der Waals surface area contributed by atoms with E-state index in [2.05, 4.69) is 11.9 Å². The predicted octanol–water partition coefficient (Wildman–Crippen LogP) is 1.85. The van der Waals surface area contributed by atoms with Gasteiger partial charge in [0.05, 0.1) is 0 Å². The summed E-state index contributed by atoms with van der Waals surface area (Å²) in [5.74, 6) is -0.985. The van der Waals surface area contributed by atoms with Crippen LogP contribution >= 0.6 is 0 Å². The van der Waals surface area contributed by atoms with Crippen LogP contribution < -0.4 is 5.32 Å². The van der Waals surface area contributed by atoms with Crippen molar-refractivity contribution in [3.8, 4) is 0 Å². The van der Waals surface area contributed by atoms with Crippen LogP contribution in [0.3, 0.4) is 0 Å². The van der Waals surface area contributed by atoms with Crippen LogP contribution in [0.2, 0.25) is 0 Å². The second-order valence-electron chi connectivity index (χ2n) is 3.81. The molecular formula is C12H22N2O3. The van der Waals surface area contributed by atoms with Crippen molar-refractivity contribution in [1.82, 2.24) is 10.2 Å². The second-order valence-corrected chi connectivity index (χ2v) is 3.81. The van der Waals surface area contributed by atoms with Gasteiger partial charge in [0.15, 0.2) is 0 Å². The van der Waals surface area contributed by atoms with E-state index in [0.29, 0.717) is 19.5 Å². The molecule has 0 aliphatic rings. The molecule has 0 aliphatic heterocycles. The van der Waals surface area contributed by atoms with Gasteiger partial charge in [-0.2, -0.15) is 0 Å². The summed E-state index contributed by atoms with van der Waals surface area (Å²) in [7, 11) is 0. The lowest BCUT2D eigenvalue weighted by atomic mass is 10.1. The van der Waals surface area contributed by atoms with Gasteiger partial charge in [0, 0.05) is 13.1 Å². The summed E-state index contributed by atoms with van der Waals surface area (Å²) in [4.78, 5) is 24.2. The van der Waals surface area contributed by atoms with Crippen LogP contribution in [0.4, 0.5) is 4.79 Å². The maximum atomic E-state index is 11.7. The number of urea groups is 1. The minimum absolute atomic E-state index is 0.351. The highest BCUT2D eigenvalue weighted by atomic mass is 16.4. The summed E-state index contributed by atoms with van der Waals surface area (Å²) < 4.78 is 0. The van der Waals surface area contributed by atoms with Crippen molar-refractivity contribution in [3.63, 3.8) is 0 Å². The first kappa shape index (κ1) is 15.5. The number of carboxylic acids is 1. The molecule has 0 spiro atoms. The molecule has 0 aliphatic carbocycles. The lowest BCUT2D eigenvalue weighted by Gasteiger charge is -2.22. The molecule has 0 saturated carbocycles. The first-order valence-electron chi connectivity index (χ1n) is 5.95. The Labute approximate surface area is 102 Å². The summed E-state index contributed by atoms with van der Waals surface area (Å²) in [6.45, 7) is 8.32. The van der Waals surface area contributed by atoms with Crippen LogP contribution in [0.5, 0.6) is 0 Å². The van der Waals surface area contributed by atoms with E-state index in [1.807, 2.05) is 13.8 Å². The minimum atomic E-state index is -0.985. The molecule has 2 amide bonds. The molecule has 0 aromatic heterocycles. The summed E-state index contributed by atoms with van der Waals surface area (Å²) in [5.41, 5.74) is 0. The van der Waals surface area contributed by atoms with Crippen molar-refractivity contribution >= 4 is 12.0 Å². The van der Waals surface area contributed by atoms with E-state index in [1.54, 1.807) is 6.08 Å². The Kier molecular flexibility index (Phi) is 7.84. The first-order valence-corrected chi connectivity index (χ1v) is 5.95. The Morgan fingerprint density at radius 3 is 2.53 bits per heavy atom. The van der Waals surface area contributed by atoms with E-state index in [1.165, 1.54) is 4.90 Å². The third kappa shape index (κ3) is 5.94. The van der Waals surface area contributed by atoms with Crippen molar-refractivity contribution in [2.24, 2.45) is 0 Å². The van der Waals surface area contributed by atoms with Crippen LogP contribution in [0.25, 0.3) is 0 Å². The smallest absolute Gasteiger partial charge is 0.326 e. The van der Waals surface area contributed by atoms with E-state index < -0.39 is 12.0 Å². The number of hydrogen-bond acceptors (Lipinski definition) is 2. The average Bonchev–Trinajstić information content (AvgIpc) is 2.30. The number of amides is 2. The molecule has 0 aromatic rings. The largest absolute Gasteiger partial charge is 0.480 e. The van der Waals surface area contributed by atoms with Crippen molar-refractivity contribution in [2.75, 3.05) is 13.1 Å². The fourth-order valence-electron chi connectivity index (χ4n) is 1.42. The summed E-state index contributed by atoms with van der Waals surface area (Å²) >= 11 is 0. The van der Waals surface area contributed by atoms with Gasteiger partial charge in [-0.3, -0.25) is 0 Å². The van der Waals surface area contributed by atoms with Gasteiger partial charge in [0.25, 0.3) is 0 Å². The number of hydrogen-bond donors (Lipinski definition) is 2. The Morgan fingerprint density at radius 2 is 2.12 bits per heavy atom. The van der Waals surface area contributed by atoms with Gasteiger partial charge in [-0.05, 0) is 13.3 Å². The van der Waals surface area contributed by atoms with Crippen LogP contribution in [0.15, 0.2) is 12.7 Å². The van der Waals surface area contributed by atoms with Gasteiger partial charge in [-0.15, -0.1) is 6.58 Å². The highest BCUT2D eigenvalue weighted by Gasteiger charge is 2.21. The summed E-state index contributed by atoms with van der Waals surface area (Å²) in [6, 6.07) is -1.16. The average molecular weight is 242 g/mol. The molecule has 1 unspecified atom stereocenters. The number of nitrogens with one attached hydrogen (secondary N) is 1. The predicted molar refractivity (Wildman–Crippen MR) is 66.9 cm³/mol. The lowest BCUT2D eigenvalue weighted by molar-refractivity contribution is -0.139. The molecule has 0 heterocycles. The van der Waals surface area contributed by atoms with Crippen LogP contribution in [0.1, 0.15) is 33.1 Å². The zero-order valence-electron chi connectivity index (χ0n) is 10.6. The number of nitrogens with zero attached hydrogens (tertiary/aromatic N) is 1. The Bertz CT molecular complexity index is 266. The highest BCUT2D eigenvalue weighted by Crippen LogP contribution is 2.02. The van der Waals surface area contributed by atoms with Crippen molar-refractivity contribution in [1.29, 1.82) is 0 Å². The SMILES string of the molecule is C=CCN(CC)C(=O)NC(CCCC)C(=O)O. The monoisotopic (exact) mass is 242 g/mol. The molecule has 1 atom stereocenters. The minimum Gasteiger partial charge on any atom is -0.480 e. The van der Waals surface area contributed by atoms with Gasteiger partial charge in [0.1, 0.15) is 6.04 Å². The third-order valence-corrected chi connectivity index (χ3v) is 2.46. The number of aliphatic carboxylic acids is 1. The molecule has 17 heavy (non-hydrogen) atoms. The topological polar surface area (TPSA) is 69.6 Å².